The van der Waals surface area contributed by atoms with Crippen LogP contribution in [-0.4, -0.2) is 52.3 Å². The number of halogens is 1. The first-order valence-electron chi connectivity index (χ1n) is 8.19. The van der Waals surface area contributed by atoms with Crippen LogP contribution >= 0.6 is 24.0 Å². The standard InChI is InChI=1S/C18H29N3O3.HI/c1-18(2)9-10-21(12-18)17(19-3)20-11-13-7-8-14(22-4)16(24-6)15(13)23-5;/h7-8H,9-12H2,1-6H3,(H,19,20);1H. The number of nitrogens with zero attached hydrogens (tertiary/aromatic N) is 2. The number of ether oxygens (including phenoxy) is 3. The number of rotatable bonds is 5. The minimum atomic E-state index is 0. The number of benzene rings is 1. The second-order valence-electron chi connectivity index (χ2n) is 6.73. The molecule has 1 saturated heterocycles. The SMILES string of the molecule is CN=C(NCc1ccc(OC)c(OC)c1OC)N1CCC(C)(C)C1.I. The highest BCUT2D eigenvalue weighted by Crippen LogP contribution is 2.39. The van der Waals surface area contributed by atoms with Crippen LogP contribution in [0.2, 0.25) is 0 Å². The van der Waals surface area contributed by atoms with E-state index in [0.717, 1.165) is 24.6 Å². The van der Waals surface area contributed by atoms with Crippen LogP contribution in [0, 0.1) is 5.41 Å². The fourth-order valence-corrected chi connectivity index (χ4v) is 3.10. The zero-order chi connectivity index (χ0) is 17.7. The Morgan fingerprint density at radius 2 is 1.84 bits per heavy atom. The molecule has 1 heterocycles. The normalized spacial score (nSPS) is 16.2. The Hall–Kier alpha value is -1.38. The Balaban J connectivity index is 0.00000312. The van der Waals surface area contributed by atoms with Crippen molar-refractivity contribution < 1.29 is 14.2 Å². The first-order chi connectivity index (χ1) is 11.5. The molecule has 0 aliphatic carbocycles. The molecular weight excluding hydrogens is 433 g/mol. The Morgan fingerprint density at radius 3 is 2.32 bits per heavy atom. The first-order valence-corrected chi connectivity index (χ1v) is 8.19. The molecule has 0 saturated carbocycles. The lowest BCUT2D eigenvalue weighted by Crippen LogP contribution is -2.40. The molecule has 6 nitrogen and oxygen atoms in total. The number of nitrogens with one attached hydrogen (secondary N) is 1. The monoisotopic (exact) mass is 463 g/mol. The summed E-state index contributed by atoms with van der Waals surface area (Å²) in [5.41, 5.74) is 1.33. The zero-order valence-electron chi connectivity index (χ0n) is 16.0. The summed E-state index contributed by atoms with van der Waals surface area (Å²) in [6.45, 7) is 7.22. The molecule has 25 heavy (non-hydrogen) atoms. The van der Waals surface area contributed by atoms with Gasteiger partial charge >= 0.3 is 0 Å². The molecule has 1 aromatic rings. The molecule has 1 aromatic carbocycles. The van der Waals surface area contributed by atoms with E-state index in [2.05, 4.69) is 29.1 Å². The Bertz CT molecular complexity index is 605. The van der Waals surface area contributed by atoms with Gasteiger partial charge in [-0.05, 0) is 24.0 Å². The van der Waals surface area contributed by atoms with Crippen molar-refractivity contribution in [3.8, 4) is 17.2 Å². The van der Waals surface area contributed by atoms with Gasteiger partial charge in [0.05, 0.1) is 21.3 Å². The van der Waals surface area contributed by atoms with Crippen molar-refractivity contribution in [1.82, 2.24) is 10.2 Å². The summed E-state index contributed by atoms with van der Waals surface area (Å²) in [5, 5.41) is 3.43. The summed E-state index contributed by atoms with van der Waals surface area (Å²) in [6, 6.07) is 3.87. The van der Waals surface area contributed by atoms with Crippen molar-refractivity contribution in [2.24, 2.45) is 10.4 Å². The van der Waals surface area contributed by atoms with E-state index < -0.39 is 0 Å². The van der Waals surface area contributed by atoms with Crippen LogP contribution in [0.25, 0.3) is 0 Å². The van der Waals surface area contributed by atoms with Gasteiger partial charge < -0.3 is 24.4 Å². The minimum absolute atomic E-state index is 0. The molecule has 1 aliphatic heterocycles. The summed E-state index contributed by atoms with van der Waals surface area (Å²) < 4.78 is 16.3. The number of likely N-dealkylation sites (tertiary alicyclic amines) is 1. The summed E-state index contributed by atoms with van der Waals surface area (Å²) in [6.07, 6.45) is 1.17. The second kappa shape index (κ2) is 9.35. The maximum atomic E-state index is 5.54. The minimum Gasteiger partial charge on any atom is -0.493 e. The van der Waals surface area contributed by atoms with E-state index in [1.54, 1.807) is 21.3 Å². The van der Waals surface area contributed by atoms with Crippen LogP contribution in [0.5, 0.6) is 17.2 Å². The predicted molar refractivity (Wildman–Crippen MR) is 112 cm³/mol. The molecular formula is C18H30IN3O3. The quantitative estimate of drug-likeness (QED) is 0.413. The van der Waals surface area contributed by atoms with E-state index in [1.807, 2.05) is 19.2 Å². The van der Waals surface area contributed by atoms with Gasteiger partial charge in [-0.1, -0.05) is 13.8 Å². The molecule has 0 amide bonds. The van der Waals surface area contributed by atoms with Crippen LogP contribution in [0.3, 0.4) is 0 Å². The van der Waals surface area contributed by atoms with E-state index in [1.165, 1.54) is 6.42 Å². The van der Waals surface area contributed by atoms with Gasteiger partial charge in [-0.15, -0.1) is 24.0 Å². The van der Waals surface area contributed by atoms with E-state index in [4.69, 9.17) is 14.2 Å². The third-order valence-electron chi connectivity index (χ3n) is 4.41. The summed E-state index contributed by atoms with van der Waals surface area (Å²) in [7, 11) is 6.69. The van der Waals surface area contributed by atoms with Gasteiger partial charge in [-0.3, -0.25) is 4.99 Å². The Kier molecular flexibility index (Phi) is 8.11. The lowest BCUT2D eigenvalue weighted by Gasteiger charge is -2.24. The number of methoxy groups -OCH3 is 3. The van der Waals surface area contributed by atoms with Crippen LogP contribution < -0.4 is 19.5 Å². The van der Waals surface area contributed by atoms with Crippen molar-refractivity contribution in [2.75, 3.05) is 41.5 Å². The molecule has 0 bridgehead atoms. The molecule has 1 fully saturated rings. The highest BCUT2D eigenvalue weighted by molar-refractivity contribution is 14.0. The molecule has 0 spiro atoms. The molecule has 1 aliphatic rings. The second-order valence-corrected chi connectivity index (χ2v) is 6.73. The van der Waals surface area contributed by atoms with E-state index in [0.29, 0.717) is 29.2 Å². The van der Waals surface area contributed by atoms with Gasteiger partial charge in [0.15, 0.2) is 17.5 Å². The fourth-order valence-electron chi connectivity index (χ4n) is 3.10. The smallest absolute Gasteiger partial charge is 0.203 e. The number of aliphatic imine (C=N–C) groups is 1. The summed E-state index contributed by atoms with van der Waals surface area (Å²) in [4.78, 5) is 6.72. The van der Waals surface area contributed by atoms with E-state index in [-0.39, 0.29) is 24.0 Å². The maximum absolute atomic E-state index is 5.54. The Labute approximate surface area is 167 Å². The van der Waals surface area contributed by atoms with Crippen molar-refractivity contribution in [3.63, 3.8) is 0 Å². The van der Waals surface area contributed by atoms with Gasteiger partial charge in [0, 0.05) is 32.2 Å². The number of hydrogen-bond acceptors (Lipinski definition) is 4. The fraction of sp³-hybridized carbons (Fsp3) is 0.611. The van der Waals surface area contributed by atoms with E-state index >= 15 is 0 Å². The van der Waals surface area contributed by atoms with Crippen molar-refractivity contribution in [1.29, 1.82) is 0 Å². The highest BCUT2D eigenvalue weighted by Gasteiger charge is 2.31. The molecule has 0 aromatic heterocycles. The largest absolute Gasteiger partial charge is 0.493 e. The van der Waals surface area contributed by atoms with Gasteiger partial charge in [0.1, 0.15) is 0 Å². The maximum Gasteiger partial charge on any atom is 0.203 e. The van der Waals surface area contributed by atoms with Crippen LogP contribution in [0.1, 0.15) is 25.8 Å². The third-order valence-corrected chi connectivity index (χ3v) is 4.41. The van der Waals surface area contributed by atoms with Gasteiger partial charge in [0.25, 0.3) is 0 Å². The van der Waals surface area contributed by atoms with Crippen LogP contribution in [-0.2, 0) is 6.54 Å². The van der Waals surface area contributed by atoms with Crippen molar-refractivity contribution >= 4 is 29.9 Å². The molecule has 0 radical (unpaired) electrons. The third kappa shape index (κ3) is 5.05. The topological polar surface area (TPSA) is 55.3 Å². The number of hydrogen-bond donors (Lipinski definition) is 1. The Morgan fingerprint density at radius 1 is 1.16 bits per heavy atom. The first kappa shape index (κ1) is 21.7. The van der Waals surface area contributed by atoms with Crippen molar-refractivity contribution in [2.45, 2.75) is 26.8 Å². The summed E-state index contributed by atoms with van der Waals surface area (Å²) in [5.74, 6) is 2.86. The average Bonchev–Trinajstić information content (AvgIpc) is 2.94. The number of guanidine groups is 1. The molecule has 1 N–H and O–H groups in total. The highest BCUT2D eigenvalue weighted by atomic mass is 127. The lowest BCUT2D eigenvalue weighted by atomic mass is 9.93. The molecule has 7 heteroatoms. The lowest BCUT2D eigenvalue weighted by molar-refractivity contribution is 0.321. The van der Waals surface area contributed by atoms with Crippen LogP contribution in [0.15, 0.2) is 17.1 Å². The van der Waals surface area contributed by atoms with Gasteiger partial charge in [0.2, 0.25) is 5.75 Å². The van der Waals surface area contributed by atoms with Gasteiger partial charge in [-0.25, -0.2) is 0 Å². The molecule has 0 atom stereocenters. The predicted octanol–water partition coefficient (Wildman–Crippen LogP) is 3.14. The van der Waals surface area contributed by atoms with Crippen molar-refractivity contribution in [3.05, 3.63) is 17.7 Å². The molecule has 0 unspecified atom stereocenters. The van der Waals surface area contributed by atoms with Crippen LogP contribution in [0.4, 0.5) is 0 Å². The zero-order valence-corrected chi connectivity index (χ0v) is 18.3. The van der Waals surface area contributed by atoms with E-state index in [9.17, 15) is 0 Å². The summed E-state index contributed by atoms with van der Waals surface area (Å²) >= 11 is 0. The van der Waals surface area contributed by atoms with Gasteiger partial charge in [-0.2, -0.15) is 0 Å². The molecule has 2 rings (SSSR count). The average molecular weight is 463 g/mol. The molecule has 142 valence electrons.